The first-order chi connectivity index (χ1) is 18.9. The molecule has 3 aliphatic heterocycles. The van der Waals surface area contributed by atoms with E-state index in [0.29, 0.717) is 53.1 Å². The number of hydrogen-bond donors (Lipinski definition) is 2. The van der Waals surface area contributed by atoms with Crippen LogP contribution in [0, 0.1) is 6.92 Å². The third kappa shape index (κ3) is 4.72. The molecule has 11 heteroatoms. The molecule has 6 rings (SSSR count). The first-order valence-electron chi connectivity index (χ1n) is 13.0. The fourth-order valence-corrected chi connectivity index (χ4v) is 6.43. The Kier molecular flexibility index (Phi) is 6.69. The van der Waals surface area contributed by atoms with Crippen molar-refractivity contribution >= 4 is 56.5 Å². The van der Waals surface area contributed by atoms with Crippen LogP contribution in [0.1, 0.15) is 34.5 Å². The number of aromatic nitrogens is 1. The number of carbonyl (C=O) groups excluding carboxylic acids is 3. The van der Waals surface area contributed by atoms with Crippen molar-refractivity contribution in [3.8, 4) is 5.75 Å². The summed E-state index contributed by atoms with van der Waals surface area (Å²) in [5.41, 5.74) is 2.71. The van der Waals surface area contributed by atoms with Crippen LogP contribution in [0.5, 0.6) is 5.75 Å². The molecule has 3 aromatic rings. The predicted molar refractivity (Wildman–Crippen MR) is 149 cm³/mol. The summed E-state index contributed by atoms with van der Waals surface area (Å²) in [6.45, 7) is 7.84. The minimum Gasteiger partial charge on any atom is -0.488 e. The van der Waals surface area contributed by atoms with E-state index < -0.39 is 0 Å². The van der Waals surface area contributed by atoms with Crippen molar-refractivity contribution in [3.63, 3.8) is 0 Å². The molecular weight excluding hydrogens is 518 g/mol. The van der Waals surface area contributed by atoms with Gasteiger partial charge in [-0.1, -0.05) is 6.58 Å². The number of urea groups is 1. The van der Waals surface area contributed by atoms with E-state index in [0.717, 1.165) is 36.0 Å². The highest BCUT2D eigenvalue weighted by atomic mass is 32.1. The van der Waals surface area contributed by atoms with Crippen molar-refractivity contribution in [2.75, 3.05) is 36.5 Å². The van der Waals surface area contributed by atoms with Crippen LogP contribution < -0.4 is 20.3 Å². The van der Waals surface area contributed by atoms with Crippen molar-refractivity contribution < 1.29 is 23.9 Å². The fraction of sp³-hybridized carbons (Fsp3) is 0.357. The summed E-state index contributed by atoms with van der Waals surface area (Å²) >= 11 is 1.24. The van der Waals surface area contributed by atoms with Crippen LogP contribution >= 0.6 is 11.3 Å². The fourth-order valence-electron chi connectivity index (χ4n) is 5.41. The van der Waals surface area contributed by atoms with E-state index in [1.807, 2.05) is 25.1 Å². The van der Waals surface area contributed by atoms with Crippen LogP contribution in [0.15, 0.2) is 43.1 Å². The number of carbonyl (C=O) groups is 3. The lowest BCUT2D eigenvalue weighted by molar-refractivity contribution is -0.127. The Morgan fingerprint density at radius 1 is 1.28 bits per heavy atom. The number of amides is 4. The summed E-state index contributed by atoms with van der Waals surface area (Å²) in [4.78, 5) is 47.8. The van der Waals surface area contributed by atoms with Gasteiger partial charge in [0.25, 0.3) is 5.91 Å². The van der Waals surface area contributed by atoms with Crippen molar-refractivity contribution in [1.82, 2.24) is 15.2 Å². The molecule has 5 heterocycles. The van der Waals surface area contributed by atoms with Gasteiger partial charge in [-0.3, -0.25) is 14.5 Å². The maximum atomic E-state index is 13.5. The molecular formula is C28H29N5O5S. The van der Waals surface area contributed by atoms with Crippen molar-refractivity contribution in [1.29, 1.82) is 0 Å². The van der Waals surface area contributed by atoms with E-state index in [-0.39, 0.29) is 30.0 Å². The molecule has 4 amide bonds. The molecule has 3 aliphatic rings. The van der Waals surface area contributed by atoms with E-state index >= 15 is 0 Å². The lowest BCUT2D eigenvalue weighted by atomic mass is 10.1. The largest absolute Gasteiger partial charge is 0.488 e. The molecule has 0 unspecified atom stereocenters. The Balaban J connectivity index is 1.28. The molecule has 202 valence electrons. The number of ether oxygens (including phenoxy) is 2. The number of nitrogens with zero attached hydrogens (tertiary/aromatic N) is 3. The summed E-state index contributed by atoms with van der Waals surface area (Å²) in [7, 11) is 0. The van der Waals surface area contributed by atoms with Gasteiger partial charge in [-0.15, -0.1) is 11.3 Å². The highest BCUT2D eigenvalue weighted by molar-refractivity contribution is 7.21. The maximum Gasteiger partial charge on any atom is 0.331 e. The summed E-state index contributed by atoms with van der Waals surface area (Å²) in [5.74, 6) is 0.295. The van der Waals surface area contributed by atoms with Crippen molar-refractivity contribution in [3.05, 3.63) is 53.6 Å². The monoisotopic (exact) mass is 547 g/mol. The van der Waals surface area contributed by atoms with Gasteiger partial charge >= 0.3 is 6.03 Å². The molecule has 0 saturated carbocycles. The van der Waals surface area contributed by atoms with Crippen molar-refractivity contribution in [2.24, 2.45) is 0 Å². The standard InChI is InChI=1S/C28H29N5O5S/c1-3-22(34)32-11-4-5-17(14-32)30-26(35)25-24-23-21(8-10-29-27(23)39-25)33(28(36)31-24)20-7-6-18(13-16(20)2)38-19-9-12-37-15-19/h3,6-8,10,13,17,19H,1,4-5,9,11-12,14-15H2,2H3,(H,30,35)(H,31,36)/t17-,19+/m1/s1. The molecule has 39 heavy (non-hydrogen) atoms. The van der Waals surface area contributed by atoms with E-state index in [1.54, 1.807) is 22.1 Å². The van der Waals surface area contributed by atoms with E-state index in [2.05, 4.69) is 22.2 Å². The van der Waals surface area contributed by atoms with Gasteiger partial charge in [0, 0.05) is 31.7 Å². The van der Waals surface area contributed by atoms with E-state index in [9.17, 15) is 14.4 Å². The van der Waals surface area contributed by atoms with Gasteiger partial charge in [-0.2, -0.15) is 0 Å². The van der Waals surface area contributed by atoms with Gasteiger partial charge in [0.05, 0.1) is 35.7 Å². The molecule has 0 radical (unpaired) electrons. The number of anilines is 3. The van der Waals surface area contributed by atoms with Gasteiger partial charge in [0.2, 0.25) is 5.91 Å². The van der Waals surface area contributed by atoms with Crippen LogP contribution in [0.3, 0.4) is 0 Å². The molecule has 2 N–H and O–H groups in total. The second-order valence-corrected chi connectivity index (χ2v) is 10.9. The Morgan fingerprint density at radius 2 is 2.15 bits per heavy atom. The summed E-state index contributed by atoms with van der Waals surface area (Å²) in [5, 5.41) is 6.73. The number of pyridine rings is 1. The van der Waals surface area contributed by atoms with Crippen molar-refractivity contribution in [2.45, 2.75) is 38.3 Å². The molecule has 2 saturated heterocycles. The molecule has 10 nitrogen and oxygen atoms in total. The molecule has 2 atom stereocenters. The quantitative estimate of drug-likeness (QED) is 0.444. The first kappa shape index (κ1) is 25.3. The van der Waals surface area contributed by atoms with E-state index in [1.165, 1.54) is 17.4 Å². The van der Waals surface area contributed by atoms with E-state index in [4.69, 9.17) is 9.47 Å². The number of likely N-dealkylation sites (tertiary alicyclic amines) is 1. The minimum atomic E-state index is -0.358. The number of benzene rings is 1. The van der Waals surface area contributed by atoms with Gasteiger partial charge < -0.3 is 25.0 Å². The Hall–Kier alpha value is -3.96. The topological polar surface area (TPSA) is 113 Å². The highest BCUT2D eigenvalue weighted by Gasteiger charge is 2.34. The molecule has 2 aromatic heterocycles. The first-order valence-corrected chi connectivity index (χ1v) is 13.8. The number of nitrogens with one attached hydrogen (secondary N) is 2. The third-order valence-corrected chi connectivity index (χ3v) is 8.39. The van der Waals surface area contributed by atoms with Gasteiger partial charge in [-0.05, 0) is 55.7 Å². The molecule has 2 fully saturated rings. The minimum absolute atomic E-state index is 0.0328. The average molecular weight is 548 g/mol. The lowest BCUT2D eigenvalue weighted by Crippen LogP contribution is -2.49. The van der Waals surface area contributed by atoms with Crippen LogP contribution in [0.25, 0.3) is 10.2 Å². The van der Waals surface area contributed by atoms with Gasteiger partial charge in [0.15, 0.2) is 0 Å². The number of rotatable bonds is 6. The lowest BCUT2D eigenvalue weighted by Gasteiger charge is -2.32. The highest BCUT2D eigenvalue weighted by Crippen LogP contribution is 2.46. The summed E-state index contributed by atoms with van der Waals surface area (Å²) in [6.07, 6.45) is 5.39. The molecule has 0 spiro atoms. The van der Waals surface area contributed by atoms with Crippen LogP contribution in [0.2, 0.25) is 0 Å². The van der Waals surface area contributed by atoms with Crippen LogP contribution in [-0.4, -0.2) is 66.2 Å². The van der Waals surface area contributed by atoms with Crippen LogP contribution in [0.4, 0.5) is 21.9 Å². The predicted octanol–water partition coefficient (Wildman–Crippen LogP) is 4.36. The Labute approximate surface area is 229 Å². The second-order valence-electron chi connectivity index (χ2n) is 9.93. The maximum absolute atomic E-state index is 13.5. The molecule has 0 bridgehead atoms. The second kappa shape index (κ2) is 10.3. The Morgan fingerprint density at radius 3 is 2.92 bits per heavy atom. The summed E-state index contributed by atoms with van der Waals surface area (Å²) < 4.78 is 11.4. The SMILES string of the molecule is C=CC(=O)N1CCC[C@@H](NC(=O)c2sc3nccc4c3c2NC(=O)N4c2ccc(O[C@H]3CCOC3)cc2C)C1. The third-order valence-electron chi connectivity index (χ3n) is 7.29. The number of aryl methyl sites for hydroxylation is 1. The smallest absolute Gasteiger partial charge is 0.331 e. The van der Waals surface area contributed by atoms with Gasteiger partial charge in [-0.25, -0.2) is 9.78 Å². The number of piperidine rings is 1. The average Bonchev–Trinajstić information content (AvgIpc) is 3.58. The zero-order valence-corrected chi connectivity index (χ0v) is 22.4. The number of thiophene rings is 1. The molecule has 0 aliphatic carbocycles. The Bertz CT molecular complexity index is 1480. The zero-order valence-electron chi connectivity index (χ0n) is 21.6. The van der Waals surface area contributed by atoms with Crippen LogP contribution in [-0.2, 0) is 9.53 Å². The molecule has 1 aromatic carbocycles. The van der Waals surface area contributed by atoms with Gasteiger partial charge in [0.1, 0.15) is 21.6 Å². The zero-order chi connectivity index (χ0) is 27.1. The summed E-state index contributed by atoms with van der Waals surface area (Å²) in [6, 6.07) is 6.90. The number of hydrogen-bond acceptors (Lipinski definition) is 7. The normalized spacial score (nSPS) is 20.6.